The van der Waals surface area contributed by atoms with E-state index in [2.05, 4.69) is 29.5 Å². The molecule has 0 aromatic rings. The Kier molecular flexibility index (Phi) is 8.85. The van der Waals surface area contributed by atoms with E-state index in [1.54, 1.807) is 7.05 Å². The van der Waals surface area contributed by atoms with Crippen LogP contribution in [-0.2, 0) is 0 Å². The molecule has 3 nitrogen and oxygen atoms in total. The van der Waals surface area contributed by atoms with Crippen molar-refractivity contribution in [3.05, 3.63) is 0 Å². The van der Waals surface area contributed by atoms with Crippen LogP contribution in [0.3, 0.4) is 0 Å². The molecule has 0 bridgehead atoms. The summed E-state index contributed by atoms with van der Waals surface area (Å²) in [4.78, 5) is 3.98. The second-order valence-corrected chi connectivity index (χ2v) is 5.62. The molecule has 0 aliphatic heterocycles. The molecule has 0 aromatic carbocycles. The van der Waals surface area contributed by atoms with E-state index in [0.717, 1.165) is 12.8 Å². The van der Waals surface area contributed by atoms with Gasteiger partial charge in [0, 0.05) is 19.6 Å². The molecule has 0 amide bonds. The highest BCUT2D eigenvalue weighted by Crippen LogP contribution is 2.28. The molecule has 1 fully saturated rings. The first-order chi connectivity index (χ1) is 8.80. The van der Waals surface area contributed by atoms with Gasteiger partial charge >= 0.3 is 6.18 Å². The van der Waals surface area contributed by atoms with Crippen molar-refractivity contribution in [1.29, 1.82) is 0 Å². The first-order valence-electron chi connectivity index (χ1n) is 6.84. The van der Waals surface area contributed by atoms with Gasteiger partial charge in [-0.05, 0) is 31.1 Å². The first kappa shape index (κ1) is 19.8. The van der Waals surface area contributed by atoms with Crippen molar-refractivity contribution in [3.8, 4) is 0 Å². The molecule has 0 saturated heterocycles. The average molecular weight is 407 g/mol. The van der Waals surface area contributed by atoms with Gasteiger partial charge in [0.25, 0.3) is 0 Å². The van der Waals surface area contributed by atoms with E-state index in [9.17, 15) is 13.2 Å². The van der Waals surface area contributed by atoms with Crippen LogP contribution in [0.2, 0.25) is 0 Å². The maximum atomic E-state index is 12.1. The summed E-state index contributed by atoms with van der Waals surface area (Å²) in [6.07, 6.45) is -1.65. The highest BCUT2D eigenvalue weighted by Gasteiger charge is 2.27. The summed E-state index contributed by atoms with van der Waals surface area (Å²) >= 11 is 0. The van der Waals surface area contributed by atoms with Crippen LogP contribution in [0.15, 0.2) is 4.99 Å². The molecule has 0 spiro atoms. The summed E-state index contributed by atoms with van der Waals surface area (Å²) in [5, 5.41) is 5.95. The maximum absolute atomic E-state index is 12.1. The second-order valence-electron chi connectivity index (χ2n) is 5.62. The Morgan fingerprint density at radius 3 is 2.15 bits per heavy atom. The maximum Gasteiger partial charge on any atom is 0.390 e. The zero-order valence-corrected chi connectivity index (χ0v) is 14.6. The highest BCUT2D eigenvalue weighted by atomic mass is 127. The molecule has 1 rings (SSSR count). The number of aliphatic imine (C=N–C) groups is 1. The van der Waals surface area contributed by atoms with Crippen LogP contribution in [0.25, 0.3) is 0 Å². The van der Waals surface area contributed by atoms with Gasteiger partial charge in [0.15, 0.2) is 5.96 Å². The van der Waals surface area contributed by atoms with Gasteiger partial charge in [-0.15, -0.1) is 24.0 Å². The average Bonchev–Trinajstić information content (AvgIpc) is 2.24. The van der Waals surface area contributed by atoms with Crippen molar-refractivity contribution < 1.29 is 13.2 Å². The zero-order valence-electron chi connectivity index (χ0n) is 12.3. The highest BCUT2D eigenvalue weighted by molar-refractivity contribution is 14.0. The van der Waals surface area contributed by atoms with Crippen LogP contribution in [0.5, 0.6) is 0 Å². The fourth-order valence-electron chi connectivity index (χ4n) is 2.78. The second kappa shape index (κ2) is 8.94. The number of hydrogen-bond donors (Lipinski definition) is 2. The summed E-state index contributed by atoms with van der Waals surface area (Å²) in [6, 6.07) is 0.302. The van der Waals surface area contributed by atoms with Crippen molar-refractivity contribution >= 4 is 29.9 Å². The Morgan fingerprint density at radius 2 is 1.70 bits per heavy atom. The monoisotopic (exact) mass is 407 g/mol. The Hall–Kier alpha value is -0.210. The Labute approximate surface area is 136 Å². The number of halogens is 4. The predicted molar refractivity (Wildman–Crippen MR) is 86.6 cm³/mol. The first-order valence-corrected chi connectivity index (χ1v) is 6.84. The number of hydrogen-bond acceptors (Lipinski definition) is 1. The van der Waals surface area contributed by atoms with Crippen LogP contribution in [0, 0.1) is 11.8 Å². The molecule has 1 aliphatic carbocycles. The third kappa shape index (κ3) is 8.16. The van der Waals surface area contributed by atoms with Crippen LogP contribution >= 0.6 is 24.0 Å². The van der Waals surface area contributed by atoms with E-state index in [-0.39, 0.29) is 30.5 Å². The molecular weight excluding hydrogens is 382 g/mol. The number of nitrogens with one attached hydrogen (secondary N) is 2. The number of alkyl halides is 3. The molecule has 120 valence electrons. The molecule has 0 heterocycles. The molecule has 2 atom stereocenters. The van der Waals surface area contributed by atoms with E-state index >= 15 is 0 Å². The number of nitrogens with zero attached hydrogens (tertiary/aromatic N) is 1. The van der Waals surface area contributed by atoms with Gasteiger partial charge in [-0.2, -0.15) is 13.2 Å². The fraction of sp³-hybridized carbons (Fsp3) is 0.923. The molecule has 20 heavy (non-hydrogen) atoms. The van der Waals surface area contributed by atoms with Crippen LogP contribution in [-0.4, -0.2) is 31.8 Å². The van der Waals surface area contributed by atoms with E-state index in [0.29, 0.717) is 23.8 Å². The van der Waals surface area contributed by atoms with E-state index < -0.39 is 12.6 Å². The summed E-state index contributed by atoms with van der Waals surface area (Å²) in [5.41, 5.74) is 0. The largest absolute Gasteiger partial charge is 0.390 e. The van der Waals surface area contributed by atoms with Gasteiger partial charge in [-0.3, -0.25) is 4.99 Å². The van der Waals surface area contributed by atoms with Crippen LogP contribution in [0.4, 0.5) is 13.2 Å². The Balaban J connectivity index is 0.00000361. The van der Waals surface area contributed by atoms with Crippen molar-refractivity contribution in [1.82, 2.24) is 10.6 Å². The lowest BCUT2D eigenvalue weighted by Crippen LogP contribution is -2.46. The van der Waals surface area contributed by atoms with Crippen molar-refractivity contribution in [2.45, 2.75) is 51.7 Å². The van der Waals surface area contributed by atoms with Crippen LogP contribution < -0.4 is 10.6 Å². The minimum atomic E-state index is -4.13. The third-order valence-corrected chi connectivity index (χ3v) is 3.44. The topological polar surface area (TPSA) is 36.4 Å². The molecule has 1 aliphatic rings. The SMILES string of the molecule is CN=C(NCCC(F)(F)F)NC1CC(C)CC(C)C1.I. The zero-order chi connectivity index (χ0) is 14.5. The molecule has 0 radical (unpaired) electrons. The molecule has 0 aromatic heterocycles. The lowest BCUT2D eigenvalue weighted by Gasteiger charge is -2.32. The van der Waals surface area contributed by atoms with Crippen molar-refractivity contribution in [3.63, 3.8) is 0 Å². The fourth-order valence-corrected chi connectivity index (χ4v) is 2.78. The van der Waals surface area contributed by atoms with Gasteiger partial charge in [-0.25, -0.2) is 0 Å². The molecule has 1 saturated carbocycles. The lowest BCUT2D eigenvalue weighted by atomic mass is 9.80. The standard InChI is InChI=1S/C13H24F3N3.HI/c1-9-6-10(2)8-11(7-9)19-12(17-3)18-5-4-13(14,15)16;/h9-11H,4-8H2,1-3H3,(H2,17,18,19);1H. The van der Waals surface area contributed by atoms with E-state index in [4.69, 9.17) is 0 Å². The van der Waals surface area contributed by atoms with E-state index in [1.807, 2.05) is 0 Å². The summed E-state index contributed by atoms with van der Waals surface area (Å²) in [7, 11) is 1.58. The smallest absolute Gasteiger partial charge is 0.356 e. The van der Waals surface area contributed by atoms with Crippen LogP contribution in [0.1, 0.15) is 39.5 Å². The minimum Gasteiger partial charge on any atom is -0.356 e. The van der Waals surface area contributed by atoms with Crippen molar-refractivity contribution in [2.24, 2.45) is 16.8 Å². The summed E-state index contributed by atoms with van der Waals surface area (Å²) in [6.45, 7) is 4.29. The molecular formula is C13H25F3IN3. The predicted octanol–water partition coefficient (Wildman–Crippen LogP) is 3.55. The van der Waals surface area contributed by atoms with E-state index in [1.165, 1.54) is 6.42 Å². The van der Waals surface area contributed by atoms with Crippen molar-refractivity contribution in [2.75, 3.05) is 13.6 Å². The normalized spacial score (nSPS) is 27.7. The van der Waals surface area contributed by atoms with Gasteiger partial charge in [0.1, 0.15) is 0 Å². The number of guanidine groups is 1. The van der Waals surface area contributed by atoms with Gasteiger partial charge in [0.05, 0.1) is 6.42 Å². The minimum absolute atomic E-state index is 0. The van der Waals surface area contributed by atoms with Gasteiger partial charge in [-0.1, -0.05) is 13.8 Å². The lowest BCUT2D eigenvalue weighted by molar-refractivity contribution is -0.132. The molecule has 7 heteroatoms. The third-order valence-electron chi connectivity index (χ3n) is 3.44. The molecule has 2 unspecified atom stereocenters. The van der Waals surface area contributed by atoms with Gasteiger partial charge < -0.3 is 10.6 Å². The number of rotatable bonds is 3. The Bertz CT molecular complexity index is 298. The van der Waals surface area contributed by atoms with Gasteiger partial charge in [0.2, 0.25) is 0 Å². The summed E-state index contributed by atoms with van der Waals surface area (Å²) < 4.78 is 36.2. The quantitative estimate of drug-likeness (QED) is 0.427. The summed E-state index contributed by atoms with van der Waals surface area (Å²) in [5.74, 6) is 1.76. The Morgan fingerprint density at radius 1 is 1.15 bits per heavy atom. The molecule has 2 N–H and O–H groups in total.